The molecule has 0 aliphatic carbocycles. The van der Waals surface area contributed by atoms with Crippen molar-refractivity contribution in [2.45, 2.75) is 27.7 Å². The SMILES string of the molecule is Cc1cc(C)c(NC(=O)c2cc(NCC(C)C)ccn2)c(Cl)c1. The summed E-state index contributed by atoms with van der Waals surface area (Å²) in [6, 6.07) is 7.41. The number of rotatable bonds is 5. The minimum Gasteiger partial charge on any atom is -0.385 e. The molecule has 4 nitrogen and oxygen atoms in total. The second-order valence-electron chi connectivity index (χ2n) is 6.10. The van der Waals surface area contributed by atoms with E-state index in [2.05, 4.69) is 29.5 Å². The summed E-state index contributed by atoms with van der Waals surface area (Å²) in [7, 11) is 0. The summed E-state index contributed by atoms with van der Waals surface area (Å²) in [5, 5.41) is 6.67. The molecule has 1 aromatic heterocycles. The van der Waals surface area contributed by atoms with Crippen molar-refractivity contribution in [3.05, 3.63) is 52.3 Å². The summed E-state index contributed by atoms with van der Waals surface area (Å²) in [5.41, 5.74) is 3.85. The van der Waals surface area contributed by atoms with E-state index in [1.807, 2.05) is 32.0 Å². The molecule has 1 aromatic carbocycles. The van der Waals surface area contributed by atoms with Crippen molar-refractivity contribution < 1.29 is 4.79 Å². The third-order valence-corrected chi connectivity index (χ3v) is 3.68. The van der Waals surface area contributed by atoms with Crippen molar-refractivity contribution in [2.75, 3.05) is 17.2 Å². The van der Waals surface area contributed by atoms with Gasteiger partial charge in [-0.25, -0.2) is 0 Å². The number of pyridine rings is 1. The highest BCUT2D eigenvalue weighted by Gasteiger charge is 2.13. The van der Waals surface area contributed by atoms with Gasteiger partial charge in [0.2, 0.25) is 0 Å². The molecule has 0 unspecified atom stereocenters. The molecule has 2 rings (SSSR count). The van der Waals surface area contributed by atoms with Gasteiger partial charge < -0.3 is 10.6 Å². The van der Waals surface area contributed by atoms with Crippen LogP contribution in [0.1, 0.15) is 35.5 Å². The van der Waals surface area contributed by atoms with Crippen molar-refractivity contribution >= 4 is 28.9 Å². The zero-order valence-electron chi connectivity index (χ0n) is 13.9. The Bertz CT molecular complexity index is 690. The predicted octanol–water partition coefficient (Wildman–Crippen LogP) is 4.67. The first-order valence-electron chi connectivity index (χ1n) is 7.65. The second-order valence-corrected chi connectivity index (χ2v) is 6.50. The molecule has 1 amide bonds. The van der Waals surface area contributed by atoms with Gasteiger partial charge in [-0.1, -0.05) is 31.5 Å². The van der Waals surface area contributed by atoms with Crippen molar-refractivity contribution in [1.82, 2.24) is 4.98 Å². The van der Waals surface area contributed by atoms with E-state index in [1.54, 1.807) is 12.3 Å². The number of aryl methyl sites for hydroxylation is 2. The first-order chi connectivity index (χ1) is 10.9. The smallest absolute Gasteiger partial charge is 0.274 e. The lowest BCUT2D eigenvalue weighted by atomic mass is 10.1. The van der Waals surface area contributed by atoms with Gasteiger partial charge in [-0.2, -0.15) is 0 Å². The lowest BCUT2D eigenvalue weighted by Crippen LogP contribution is -2.16. The van der Waals surface area contributed by atoms with Gasteiger partial charge >= 0.3 is 0 Å². The number of amides is 1. The van der Waals surface area contributed by atoms with Crippen molar-refractivity contribution in [1.29, 1.82) is 0 Å². The molecule has 0 atom stereocenters. The number of benzene rings is 1. The monoisotopic (exact) mass is 331 g/mol. The third-order valence-electron chi connectivity index (χ3n) is 3.38. The Kier molecular flexibility index (Phi) is 5.61. The van der Waals surface area contributed by atoms with Gasteiger partial charge in [0.05, 0.1) is 10.7 Å². The van der Waals surface area contributed by atoms with Gasteiger partial charge in [0, 0.05) is 18.4 Å². The van der Waals surface area contributed by atoms with Crippen LogP contribution in [0.3, 0.4) is 0 Å². The molecule has 0 fully saturated rings. The number of carbonyl (C=O) groups excluding carboxylic acids is 1. The van der Waals surface area contributed by atoms with Gasteiger partial charge in [-0.15, -0.1) is 0 Å². The number of hydrogen-bond acceptors (Lipinski definition) is 3. The lowest BCUT2D eigenvalue weighted by molar-refractivity contribution is 0.102. The summed E-state index contributed by atoms with van der Waals surface area (Å²) >= 11 is 6.23. The van der Waals surface area contributed by atoms with Crippen LogP contribution < -0.4 is 10.6 Å². The van der Waals surface area contributed by atoms with Crippen LogP contribution in [0, 0.1) is 19.8 Å². The Labute approximate surface area is 142 Å². The second kappa shape index (κ2) is 7.47. The molecule has 0 spiro atoms. The average molecular weight is 332 g/mol. The minimum absolute atomic E-state index is 0.271. The average Bonchev–Trinajstić information content (AvgIpc) is 2.49. The Balaban J connectivity index is 2.17. The highest BCUT2D eigenvalue weighted by molar-refractivity contribution is 6.34. The van der Waals surface area contributed by atoms with E-state index in [1.165, 1.54) is 0 Å². The molecule has 0 aliphatic rings. The molecule has 0 radical (unpaired) electrons. The van der Waals surface area contributed by atoms with E-state index in [9.17, 15) is 4.79 Å². The van der Waals surface area contributed by atoms with E-state index in [0.717, 1.165) is 23.4 Å². The van der Waals surface area contributed by atoms with Crippen LogP contribution in [0.4, 0.5) is 11.4 Å². The van der Waals surface area contributed by atoms with Crippen molar-refractivity contribution in [2.24, 2.45) is 5.92 Å². The maximum absolute atomic E-state index is 12.4. The van der Waals surface area contributed by atoms with Gasteiger partial charge in [-0.05, 0) is 49.1 Å². The number of aromatic nitrogens is 1. The van der Waals surface area contributed by atoms with Crippen LogP contribution in [0.2, 0.25) is 5.02 Å². The molecule has 1 heterocycles. The standard InChI is InChI=1S/C18H22ClN3O/c1-11(2)10-21-14-5-6-20-16(9-14)18(23)22-17-13(4)7-12(3)8-15(17)19/h5-9,11H,10H2,1-4H3,(H,20,21)(H,22,23). The number of anilines is 2. The van der Waals surface area contributed by atoms with E-state index in [-0.39, 0.29) is 5.91 Å². The molecular weight excluding hydrogens is 310 g/mol. The van der Waals surface area contributed by atoms with Gasteiger partial charge in [0.1, 0.15) is 5.69 Å². The number of carbonyl (C=O) groups is 1. The first-order valence-corrected chi connectivity index (χ1v) is 8.02. The molecule has 23 heavy (non-hydrogen) atoms. The molecule has 122 valence electrons. The molecule has 0 bridgehead atoms. The molecule has 2 aromatic rings. The zero-order chi connectivity index (χ0) is 17.0. The molecule has 0 saturated carbocycles. The largest absolute Gasteiger partial charge is 0.385 e. The van der Waals surface area contributed by atoms with Crippen LogP contribution in [0.15, 0.2) is 30.5 Å². The maximum Gasteiger partial charge on any atom is 0.274 e. The van der Waals surface area contributed by atoms with Gasteiger partial charge in [-0.3, -0.25) is 9.78 Å². The highest BCUT2D eigenvalue weighted by Crippen LogP contribution is 2.27. The fourth-order valence-electron chi connectivity index (χ4n) is 2.24. The Morgan fingerprint density at radius 1 is 1.26 bits per heavy atom. The number of halogens is 1. The van der Waals surface area contributed by atoms with E-state index in [4.69, 9.17) is 11.6 Å². The zero-order valence-corrected chi connectivity index (χ0v) is 14.7. The van der Waals surface area contributed by atoms with Crippen LogP contribution in [0.5, 0.6) is 0 Å². The van der Waals surface area contributed by atoms with Crippen molar-refractivity contribution in [3.8, 4) is 0 Å². The Hall–Kier alpha value is -2.07. The third kappa shape index (κ3) is 4.70. The van der Waals surface area contributed by atoms with Gasteiger partial charge in [0.15, 0.2) is 0 Å². The number of hydrogen-bond donors (Lipinski definition) is 2. The van der Waals surface area contributed by atoms with Gasteiger partial charge in [0.25, 0.3) is 5.91 Å². The van der Waals surface area contributed by atoms with Crippen LogP contribution in [0.25, 0.3) is 0 Å². The molecule has 0 aliphatic heterocycles. The number of nitrogens with one attached hydrogen (secondary N) is 2. The number of nitrogens with zero attached hydrogens (tertiary/aromatic N) is 1. The maximum atomic E-state index is 12.4. The Morgan fingerprint density at radius 2 is 2.00 bits per heavy atom. The van der Waals surface area contributed by atoms with Crippen LogP contribution >= 0.6 is 11.6 Å². The highest BCUT2D eigenvalue weighted by atomic mass is 35.5. The summed E-state index contributed by atoms with van der Waals surface area (Å²) in [5.74, 6) is 0.251. The quantitative estimate of drug-likeness (QED) is 0.837. The van der Waals surface area contributed by atoms with E-state index >= 15 is 0 Å². The molecular formula is C18H22ClN3O. The Morgan fingerprint density at radius 3 is 2.65 bits per heavy atom. The lowest BCUT2D eigenvalue weighted by Gasteiger charge is -2.12. The fourth-order valence-corrected chi connectivity index (χ4v) is 2.61. The first kappa shape index (κ1) is 17.3. The van der Waals surface area contributed by atoms with Crippen molar-refractivity contribution in [3.63, 3.8) is 0 Å². The summed E-state index contributed by atoms with van der Waals surface area (Å²) in [6.45, 7) is 8.99. The predicted molar refractivity (Wildman–Crippen MR) is 96.4 cm³/mol. The topological polar surface area (TPSA) is 54.0 Å². The molecule has 2 N–H and O–H groups in total. The van der Waals surface area contributed by atoms with E-state index in [0.29, 0.717) is 22.3 Å². The molecule has 0 saturated heterocycles. The van der Waals surface area contributed by atoms with E-state index < -0.39 is 0 Å². The normalized spacial score (nSPS) is 10.7. The summed E-state index contributed by atoms with van der Waals surface area (Å²) in [4.78, 5) is 16.6. The minimum atomic E-state index is -0.271. The summed E-state index contributed by atoms with van der Waals surface area (Å²) in [6.07, 6.45) is 1.63. The fraction of sp³-hybridized carbons (Fsp3) is 0.333. The summed E-state index contributed by atoms with van der Waals surface area (Å²) < 4.78 is 0. The van der Waals surface area contributed by atoms with Crippen LogP contribution in [-0.4, -0.2) is 17.4 Å². The molecule has 5 heteroatoms. The van der Waals surface area contributed by atoms with Crippen LogP contribution in [-0.2, 0) is 0 Å².